The van der Waals surface area contributed by atoms with E-state index in [0.717, 1.165) is 0 Å². The van der Waals surface area contributed by atoms with Gasteiger partial charge in [-0.25, -0.2) is 4.98 Å². The van der Waals surface area contributed by atoms with Gasteiger partial charge in [0.15, 0.2) is 0 Å². The van der Waals surface area contributed by atoms with Crippen LogP contribution in [0.5, 0.6) is 0 Å². The first kappa shape index (κ1) is 20.2. The molecule has 1 heterocycles. The van der Waals surface area contributed by atoms with Crippen LogP contribution in [0.1, 0.15) is 28.2 Å². The van der Waals surface area contributed by atoms with Gasteiger partial charge in [0.1, 0.15) is 5.69 Å². The zero-order chi connectivity index (χ0) is 15.5. The number of hydrogen-bond donors (Lipinski definition) is 1. The monoisotopic (exact) mass is 313 g/mol. The summed E-state index contributed by atoms with van der Waals surface area (Å²) in [4.78, 5) is 16.1. The molecule has 0 saturated carbocycles. The zero-order valence-electron chi connectivity index (χ0n) is 12.1. The molecular weight excluding hydrogens is 298 g/mol. The van der Waals surface area contributed by atoms with Crippen LogP contribution < -0.4 is 40.4 Å². The first-order valence-electron chi connectivity index (χ1n) is 5.85. The Morgan fingerprint density at radius 3 is 2.43 bits per heavy atom. The molecule has 0 bridgehead atoms. The summed E-state index contributed by atoms with van der Waals surface area (Å²) >= 11 is 0. The molecule has 0 unspecified atom stereocenters. The Hall–Kier alpha value is -0.830. The standard InChI is InChI=1S/C12H16F3N3O2.Na/c1-18(2)5-3-4-9-7(12(13,14)15)6-8(16)10(17-9)11(19)20;/h6H,3-5,16H2,1-2H3,(H,19,20);/q;+1/p-1. The quantitative estimate of drug-likeness (QED) is 0.610. The summed E-state index contributed by atoms with van der Waals surface area (Å²) in [5.74, 6) is -1.69. The van der Waals surface area contributed by atoms with E-state index in [2.05, 4.69) is 4.98 Å². The van der Waals surface area contributed by atoms with Crippen LogP contribution >= 0.6 is 0 Å². The fraction of sp³-hybridized carbons (Fsp3) is 0.500. The van der Waals surface area contributed by atoms with Crippen molar-refractivity contribution in [3.63, 3.8) is 0 Å². The third kappa shape index (κ3) is 5.82. The summed E-state index contributed by atoms with van der Waals surface area (Å²) < 4.78 is 38.6. The van der Waals surface area contributed by atoms with E-state index in [4.69, 9.17) is 5.73 Å². The molecule has 0 atom stereocenters. The van der Waals surface area contributed by atoms with E-state index in [1.165, 1.54) is 0 Å². The van der Waals surface area contributed by atoms with Crippen molar-refractivity contribution >= 4 is 11.7 Å². The van der Waals surface area contributed by atoms with Crippen LogP contribution in [0.25, 0.3) is 0 Å². The molecule has 2 N–H and O–H groups in total. The summed E-state index contributed by atoms with van der Waals surface area (Å²) in [5.41, 5.74) is 2.74. The third-order valence-corrected chi connectivity index (χ3v) is 2.65. The van der Waals surface area contributed by atoms with Gasteiger partial charge in [-0.05, 0) is 39.5 Å². The number of rotatable bonds is 5. The minimum absolute atomic E-state index is 0. The van der Waals surface area contributed by atoms with Gasteiger partial charge < -0.3 is 20.5 Å². The maximum atomic E-state index is 12.9. The van der Waals surface area contributed by atoms with Gasteiger partial charge in [0.2, 0.25) is 0 Å². The van der Waals surface area contributed by atoms with E-state index < -0.39 is 29.1 Å². The van der Waals surface area contributed by atoms with Crippen molar-refractivity contribution in [1.29, 1.82) is 0 Å². The van der Waals surface area contributed by atoms with Gasteiger partial charge in [-0.15, -0.1) is 0 Å². The number of aryl methyl sites for hydroxylation is 1. The van der Waals surface area contributed by atoms with Crippen LogP contribution in [0, 0.1) is 0 Å². The molecular formula is C12H15F3N3NaO2. The zero-order valence-corrected chi connectivity index (χ0v) is 14.1. The number of hydrogen-bond acceptors (Lipinski definition) is 5. The smallest absolute Gasteiger partial charge is 0.543 e. The number of carboxylic acid groups (broad SMARTS) is 1. The van der Waals surface area contributed by atoms with E-state index in [-0.39, 0.29) is 41.7 Å². The van der Waals surface area contributed by atoms with E-state index in [1.807, 2.05) is 4.90 Å². The maximum absolute atomic E-state index is 12.9. The topological polar surface area (TPSA) is 82.3 Å². The molecule has 1 aromatic rings. The largest absolute Gasteiger partial charge is 1.00 e. The molecule has 0 fully saturated rings. The number of nitrogens with zero attached hydrogens (tertiary/aromatic N) is 2. The number of alkyl halides is 3. The summed E-state index contributed by atoms with van der Waals surface area (Å²) in [5, 5.41) is 10.8. The molecule has 9 heteroatoms. The number of carbonyl (C=O) groups is 1. The average molecular weight is 313 g/mol. The number of pyridine rings is 1. The molecule has 1 rings (SSSR count). The predicted octanol–water partition coefficient (Wildman–Crippen LogP) is -2.46. The number of nitrogen functional groups attached to an aromatic ring is 1. The van der Waals surface area contributed by atoms with Gasteiger partial charge >= 0.3 is 35.7 Å². The number of aromatic carboxylic acids is 1. The molecule has 112 valence electrons. The van der Waals surface area contributed by atoms with Gasteiger partial charge in [0.25, 0.3) is 0 Å². The number of carboxylic acids is 1. The summed E-state index contributed by atoms with van der Waals surface area (Å²) in [6.07, 6.45) is -4.20. The number of carbonyl (C=O) groups excluding carboxylic acids is 1. The maximum Gasteiger partial charge on any atom is 1.00 e. The fourth-order valence-corrected chi connectivity index (χ4v) is 1.73. The molecule has 0 radical (unpaired) electrons. The van der Waals surface area contributed by atoms with Crippen molar-refractivity contribution in [3.8, 4) is 0 Å². The van der Waals surface area contributed by atoms with Crippen LogP contribution in [0.4, 0.5) is 18.9 Å². The molecule has 0 aliphatic carbocycles. The molecule has 5 nitrogen and oxygen atoms in total. The normalized spacial score (nSPS) is 11.3. The summed E-state index contributed by atoms with van der Waals surface area (Å²) in [6.45, 7) is 0.560. The molecule has 0 aromatic carbocycles. The van der Waals surface area contributed by atoms with Crippen molar-refractivity contribution in [1.82, 2.24) is 9.88 Å². The van der Waals surface area contributed by atoms with Crippen LogP contribution in [-0.4, -0.2) is 36.5 Å². The second kappa shape index (κ2) is 7.98. The van der Waals surface area contributed by atoms with Crippen molar-refractivity contribution < 1.29 is 52.6 Å². The van der Waals surface area contributed by atoms with E-state index >= 15 is 0 Å². The van der Waals surface area contributed by atoms with Crippen LogP contribution in [0.15, 0.2) is 6.07 Å². The number of nitrogens with two attached hydrogens (primary N) is 1. The van der Waals surface area contributed by atoms with E-state index in [1.54, 1.807) is 14.1 Å². The van der Waals surface area contributed by atoms with Crippen LogP contribution in [-0.2, 0) is 12.6 Å². The minimum atomic E-state index is -4.63. The van der Waals surface area contributed by atoms with Gasteiger partial charge in [0.05, 0.1) is 22.9 Å². The number of aromatic nitrogens is 1. The Labute approximate surface area is 142 Å². The van der Waals surface area contributed by atoms with Gasteiger partial charge in [0, 0.05) is 0 Å². The second-order valence-corrected chi connectivity index (χ2v) is 4.61. The van der Waals surface area contributed by atoms with Crippen molar-refractivity contribution in [3.05, 3.63) is 23.0 Å². The Bertz CT molecular complexity index is 507. The third-order valence-electron chi connectivity index (χ3n) is 2.65. The summed E-state index contributed by atoms with van der Waals surface area (Å²) in [7, 11) is 3.57. The van der Waals surface area contributed by atoms with E-state index in [0.29, 0.717) is 19.0 Å². The summed E-state index contributed by atoms with van der Waals surface area (Å²) in [6, 6.07) is 0.600. The Morgan fingerprint density at radius 1 is 1.43 bits per heavy atom. The number of halogens is 3. The molecule has 0 saturated heterocycles. The van der Waals surface area contributed by atoms with Crippen molar-refractivity contribution in [2.24, 2.45) is 0 Å². The predicted molar refractivity (Wildman–Crippen MR) is 64.9 cm³/mol. The molecule has 0 spiro atoms. The molecule has 0 aliphatic rings. The van der Waals surface area contributed by atoms with E-state index in [9.17, 15) is 23.1 Å². The second-order valence-electron chi connectivity index (χ2n) is 4.61. The van der Waals surface area contributed by atoms with Gasteiger partial charge in [-0.3, -0.25) is 0 Å². The first-order chi connectivity index (χ1) is 9.12. The number of anilines is 1. The average Bonchev–Trinajstić information content (AvgIpc) is 2.28. The van der Waals surface area contributed by atoms with Crippen molar-refractivity contribution in [2.75, 3.05) is 26.4 Å². The van der Waals surface area contributed by atoms with Gasteiger partial charge in [-0.1, -0.05) is 0 Å². The van der Waals surface area contributed by atoms with Crippen LogP contribution in [0.2, 0.25) is 0 Å². The Morgan fingerprint density at radius 2 is 2.00 bits per heavy atom. The van der Waals surface area contributed by atoms with Crippen molar-refractivity contribution in [2.45, 2.75) is 19.0 Å². The van der Waals surface area contributed by atoms with Gasteiger partial charge in [-0.2, -0.15) is 13.2 Å². The fourth-order valence-electron chi connectivity index (χ4n) is 1.73. The molecule has 0 amide bonds. The molecule has 0 aliphatic heterocycles. The minimum Gasteiger partial charge on any atom is -0.543 e. The molecule has 21 heavy (non-hydrogen) atoms. The Balaban J connectivity index is 0.00000400. The molecule has 1 aromatic heterocycles. The Kier molecular flexibility index (Phi) is 7.66. The van der Waals surface area contributed by atoms with Crippen LogP contribution in [0.3, 0.4) is 0 Å². The SMILES string of the molecule is CN(C)CCCc1nc(C(=O)[O-])c(N)cc1C(F)(F)F.[Na+]. The first-order valence-corrected chi connectivity index (χ1v) is 5.85.